The minimum absolute atomic E-state index is 0.0900. The third-order valence-corrected chi connectivity index (χ3v) is 4.69. The number of aromatic nitrogens is 1. The number of ether oxygens (including phenoxy) is 1. The number of nitrogens with zero attached hydrogens (tertiary/aromatic N) is 1. The van der Waals surface area contributed by atoms with Crippen LogP contribution in [0.25, 0.3) is 0 Å². The number of nitrogens with one attached hydrogen (secondary N) is 2. The van der Waals surface area contributed by atoms with Gasteiger partial charge in [0, 0.05) is 19.3 Å². The molecule has 0 bridgehead atoms. The molecule has 0 aromatic carbocycles. The fourth-order valence-corrected chi connectivity index (χ4v) is 3.71. The van der Waals surface area contributed by atoms with Crippen LogP contribution in [0.1, 0.15) is 19.3 Å². The average molecular weight is 286 g/mol. The quantitative estimate of drug-likeness (QED) is 0.528. The lowest BCUT2D eigenvalue weighted by Gasteiger charge is -2.19. The summed E-state index contributed by atoms with van der Waals surface area (Å²) < 4.78 is 32.5. The van der Waals surface area contributed by atoms with Gasteiger partial charge in [-0.1, -0.05) is 0 Å². The van der Waals surface area contributed by atoms with Crippen LogP contribution in [-0.4, -0.2) is 32.7 Å². The Morgan fingerprint density at radius 3 is 2.95 bits per heavy atom. The molecule has 2 rings (SSSR count). The minimum Gasteiger partial charge on any atom is -0.380 e. The largest absolute Gasteiger partial charge is 0.380 e. The van der Waals surface area contributed by atoms with Crippen molar-refractivity contribution in [3.63, 3.8) is 0 Å². The van der Waals surface area contributed by atoms with E-state index in [0.717, 1.165) is 19.3 Å². The highest BCUT2D eigenvalue weighted by Crippen LogP contribution is 2.24. The Balaban J connectivity index is 2.23. The highest BCUT2D eigenvalue weighted by Gasteiger charge is 2.32. The van der Waals surface area contributed by atoms with Crippen LogP contribution in [0.5, 0.6) is 0 Å². The molecule has 1 aromatic rings. The van der Waals surface area contributed by atoms with Crippen LogP contribution in [0.2, 0.25) is 0 Å². The predicted octanol–water partition coefficient (Wildman–Crippen LogP) is 0.213. The number of methoxy groups -OCH3 is 1. The molecular formula is C11H18N4O3S. The van der Waals surface area contributed by atoms with Gasteiger partial charge in [-0.25, -0.2) is 18.1 Å². The van der Waals surface area contributed by atoms with Crippen molar-refractivity contribution < 1.29 is 13.2 Å². The molecule has 7 nitrogen and oxygen atoms in total. The second-order valence-corrected chi connectivity index (χ2v) is 6.06. The summed E-state index contributed by atoms with van der Waals surface area (Å²) in [5.74, 6) is 5.30. The molecule has 0 amide bonds. The molecule has 1 aliphatic carbocycles. The minimum atomic E-state index is -3.71. The van der Waals surface area contributed by atoms with E-state index in [-0.39, 0.29) is 22.9 Å². The van der Waals surface area contributed by atoms with Crippen molar-refractivity contribution in [2.24, 2.45) is 5.84 Å². The lowest BCUT2D eigenvalue weighted by Crippen LogP contribution is -2.41. The second-order valence-electron chi connectivity index (χ2n) is 4.43. The van der Waals surface area contributed by atoms with Crippen LogP contribution in [0.4, 0.5) is 5.69 Å². The maximum absolute atomic E-state index is 12.3. The molecule has 4 N–H and O–H groups in total. The third-order valence-electron chi connectivity index (χ3n) is 3.24. The van der Waals surface area contributed by atoms with E-state index < -0.39 is 10.0 Å². The van der Waals surface area contributed by atoms with E-state index in [1.54, 1.807) is 19.2 Å². The summed E-state index contributed by atoms with van der Waals surface area (Å²) in [7, 11) is -2.12. The molecule has 1 fully saturated rings. The lowest BCUT2D eigenvalue weighted by molar-refractivity contribution is 0.0916. The van der Waals surface area contributed by atoms with Crippen LogP contribution in [0.15, 0.2) is 23.4 Å². The molecule has 0 aliphatic heterocycles. The molecular weight excluding hydrogens is 268 g/mol. The van der Waals surface area contributed by atoms with Crippen molar-refractivity contribution in [2.45, 2.75) is 36.4 Å². The third kappa shape index (κ3) is 3.03. The number of hydrogen-bond donors (Lipinski definition) is 3. The molecule has 8 heteroatoms. The SMILES string of the molecule is COC1CCCC1NS(=O)(=O)c1ncccc1NN. The van der Waals surface area contributed by atoms with Crippen molar-refractivity contribution >= 4 is 15.7 Å². The zero-order valence-corrected chi connectivity index (χ0v) is 11.5. The van der Waals surface area contributed by atoms with Gasteiger partial charge in [0.25, 0.3) is 10.0 Å². The lowest BCUT2D eigenvalue weighted by atomic mass is 10.2. The Labute approximate surface area is 112 Å². The number of nitrogen functional groups attached to an aromatic ring is 1. The Hall–Kier alpha value is -1.22. The second kappa shape index (κ2) is 5.83. The molecule has 2 unspecified atom stereocenters. The van der Waals surface area contributed by atoms with Gasteiger partial charge in [0.15, 0.2) is 5.03 Å². The van der Waals surface area contributed by atoms with Gasteiger partial charge in [-0.05, 0) is 31.4 Å². The van der Waals surface area contributed by atoms with Crippen molar-refractivity contribution in [1.82, 2.24) is 9.71 Å². The van der Waals surface area contributed by atoms with Gasteiger partial charge in [0.2, 0.25) is 0 Å². The first-order valence-corrected chi connectivity index (χ1v) is 7.53. The Morgan fingerprint density at radius 1 is 1.47 bits per heavy atom. The van der Waals surface area contributed by atoms with Crippen LogP contribution in [0, 0.1) is 0 Å². The molecule has 19 heavy (non-hydrogen) atoms. The summed E-state index contributed by atoms with van der Waals surface area (Å²) in [6.45, 7) is 0. The van der Waals surface area contributed by atoms with Crippen molar-refractivity contribution in [3.8, 4) is 0 Å². The molecule has 0 spiro atoms. The molecule has 0 radical (unpaired) electrons. The van der Waals surface area contributed by atoms with E-state index >= 15 is 0 Å². The smallest absolute Gasteiger partial charge is 0.260 e. The monoisotopic (exact) mass is 286 g/mol. The Morgan fingerprint density at radius 2 is 2.26 bits per heavy atom. The fraction of sp³-hybridized carbons (Fsp3) is 0.545. The zero-order valence-electron chi connectivity index (χ0n) is 10.7. The fourth-order valence-electron chi connectivity index (χ4n) is 2.31. The summed E-state index contributed by atoms with van der Waals surface area (Å²) in [5, 5.41) is -0.0979. The average Bonchev–Trinajstić information content (AvgIpc) is 2.85. The van der Waals surface area contributed by atoms with E-state index in [2.05, 4.69) is 15.1 Å². The van der Waals surface area contributed by atoms with Gasteiger partial charge in [-0.2, -0.15) is 0 Å². The first kappa shape index (κ1) is 14.2. The van der Waals surface area contributed by atoms with E-state index in [0.29, 0.717) is 0 Å². The molecule has 106 valence electrons. The molecule has 1 aliphatic rings. The molecule has 1 saturated carbocycles. The van der Waals surface area contributed by atoms with Gasteiger partial charge in [-0.3, -0.25) is 5.84 Å². The molecule has 2 atom stereocenters. The van der Waals surface area contributed by atoms with Crippen LogP contribution in [0.3, 0.4) is 0 Å². The number of hydrazine groups is 1. The van der Waals surface area contributed by atoms with E-state index in [9.17, 15) is 8.42 Å². The number of pyridine rings is 1. The van der Waals surface area contributed by atoms with Gasteiger partial charge in [0.05, 0.1) is 11.8 Å². The number of sulfonamides is 1. The van der Waals surface area contributed by atoms with Crippen LogP contribution >= 0.6 is 0 Å². The topological polar surface area (TPSA) is 106 Å². The van der Waals surface area contributed by atoms with Gasteiger partial charge in [-0.15, -0.1) is 0 Å². The van der Waals surface area contributed by atoms with Gasteiger partial charge in [0.1, 0.15) is 0 Å². The maximum Gasteiger partial charge on any atom is 0.260 e. The number of rotatable bonds is 5. The van der Waals surface area contributed by atoms with Gasteiger partial charge < -0.3 is 10.2 Å². The molecule has 1 heterocycles. The van der Waals surface area contributed by atoms with E-state index in [4.69, 9.17) is 10.6 Å². The van der Waals surface area contributed by atoms with Crippen LogP contribution in [-0.2, 0) is 14.8 Å². The summed E-state index contributed by atoms with van der Waals surface area (Å²) in [4.78, 5) is 3.88. The Kier molecular flexibility index (Phi) is 4.35. The van der Waals surface area contributed by atoms with Gasteiger partial charge >= 0.3 is 0 Å². The molecule has 0 saturated heterocycles. The zero-order chi connectivity index (χ0) is 13.9. The summed E-state index contributed by atoms with van der Waals surface area (Å²) >= 11 is 0. The number of nitrogens with two attached hydrogens (primary N) is 1. The summed E-state index contributed by atoms with van der Waals surface area (Å²) in [6.07, 6.45) is 3.88. The van der Waals surface area contributed by atoms with Crippen molar-refractivity contribution in [3.05, 3.63) is 18.3 Å². The highest BCUT2D eigenvalue weighted by molar-refractivity contribution is 7.89. The number of anilines is 1. The van der Waals surface area contributed by atoms with Crippen molar-refractivity contribution in [1.29, 1.82) is 0 Å². The standard InChI is InChI=1S/C11H18N4O3S/c1-18-10-6-2-4-8(10)15-19(16,17)11-9(14-12)5-3-7-13-11/h3,5,7-8,10,14-15H,2,4,6,12H2,1H3. The number of hydrogen-bond acceptors (Lipinski definition) is 6. The molecule has 1 aromatic heterocycles. The summed E-state index contributed by atoms with van der Waals surface area (Å²) in [5.41, 5.74) is 2.60. The van der Waals surface area contributed by atoms with Crippen LogP contribution < -0.4 is 16.0 Å². The maximum atomic E-state index is 12.3. The first-order chi connectivity index (χ1) is 9.08. The normalized spacial score (nSPS) is 23.5. The first-order valence-electron chi connectivity index (χ1n) is 6.05. The van der Waals surface area contributed by atoms with Crippen molar-refractivity contribution in [2.75, 3.05) is 12.5 Å². The van der Waals surface area contributed by atoms with E-state index in [1.165, 1.54) is 6.20 Å². The predicted molar refractivity (Wildman–Crippen MR) is 70.8 cm³/mol. The summed E-state index contributed by atoms with van der Waals surface area (Å²) in [6, 6.07) is 2.95. The highest BCUT2D eigenvalue weighted by atomic mass is 32.2. The van der Waals surface area contributed by atoms with E-state index in [1.807, 2.05) is 0 Å². The Bertz CT molecular complexity index is 534.